The van der Waals surface area contributed by atoms with Crippen molar-refractivity contribution in [3.8, 4) is 0 Å². The van der Waals surface area contributed by atoms with Gasteiger partial charge < -0.3 is 5.32 Å². The number of hydrogen-bond acceptors (Lipinski definition) is 1. The lowest BCUT2D eigenvalue weighted by Gasteiger charge is -2.22. The van der Waals surface area contributed by atoms with E-state index in [0.717, 1.165) is 18.5 Å². The Hall–Kier alpha value is -0.580. The average molecular weight is 315 g/mol. The van der Waals surface area contributed by atoms with Gasteiger partial charge in [-0.1, -0.05) is 47.7 Å². The van der Waals surface area contributed by atoms with E-state index >= 15 is 0 Å². The van der Waals surface area contributed by atoms with Gasteiger partial charge in [0.2, 0.25) is 5.91 Å². The minimum atomic E-state index is 0.111. The summed E-state index contributed by atoms with van der Waals surface area (Å²) < 4.78 is 0.546. The maximum atomic E-state index is 11.8. The standard InChI is InChI=1S/C12H14INO/c1-8-6-10(13)7-9-4-2-3-5-11(9)14-12(8)15/h2-5,8,10H,6-7H2,1H3,(H,14,15). The van der Waals surface area contributed by atoms with E-state index in [9.17, 15) is 4.79 Å². The first-order valence-corrected chi connectivity index (χ1v) is 6.44. The van der Waals surface area contributed by atoms with Gasteiger partial charge in [-0.15, -0.1) is 0 Å². The summed E-state index contributed by atoms with van der Waals surface area (Å²) in [6, 6.07) is 8.07. The van der Waals surface area contributed by atoms with Gasteiger partial charge in [0.15, 0.2) is 0 Å². The van der Waals surface area contributed by atoms with E-state index in [2.05, 4.69) is 34.0 Å². The Bertz CT molecular complexity index is 378. The molecule has 0 spiro atoms. The smallest absolute Gasteiger partial charge is 0.227 e. The summed E-state index contributed by atoms with van der Waals surface area (Å²) in [5.41, 5.74) is 2.23. The lowest BCUT2D eigenvalue weighted by Crippen LogP contribution is -2.26. The van der Waals surface area contributed by atoms with Crippen LogP contribution in [0.3, 0.4) is 0 Å². The molecule has 0 bridgehead atoms. The summed E-state index contributed by atoms with van der Waals surface area (Å²) in [6.07, 6.45) is 2.00. The molecule has 1 heterocycles. The normalized spacial score (nSPS) is 26.1. The molecule has 2 unspecified atom stereocenters. The fraction of sp³-hybridized carbons (Fsp3) is 0.417. The molecule has 1 aliphatic heterocycles. The zero-order chi connectivity index (χ0) is 10.8. The monoisotopic (exact) mass is 315 g/mol. The van der Waals surface area contributed by atoms with Crippen molar-refractivity contribution in [1.29, 1.82) is 0 Å². The second kappa shape index (κ2) is 4.51. The highest BCUT2D eigenvalue weighted by Crippen LogP contribution is 2.27. The minimum Gasteiger partial charge on any atom is -0.326 e. The number of halogens is 1. The Labute approximate surface area is 104 Å². The lowest BCUT2D eigenvalue weighted by molar-refractivity contribution is -0.119. The molecule has 0 saturated heterocycles. The van der Waals surface area contributed by atoms with E-state index in [-0.39, 0.29) is 11.8 Å². The van der Waals surface area contributed by atoms with Crippen molar-refractivity contribution in [2.45, 2.75) is 23.7 Å². The zero-order valence-electron chi connectivity index (χ0n) is 8.66. The number of nitrogens with one attached hydrogen (secondary N) is 1. The summed E-state index contributed by atoms with van der Waals surface area (Å²) >= 11 is 2.44. The van der Waals surface area contributed by atoms with Crippen LogP contribution < -0.4 is 5.32 Å². The van der Waals surface area contributed by atoms with E-state index in [1.807, 2.05) is 25.1 Å². The summed E-state index contributed by atoms with van der Waals surface area (Å²) in [5, 5.41) is 2.99. The molecule has 0 aromatic heterocycles. The van der Waals surface area contributed by atoms with E-state index in [0.29, 0.717) is 3.92 Å². The minimum absolute atomic E-state index is 0.111. The van der Waals surface area contributed by atoms with Crippen molar-refractivity contribution in [1.82, 2.24) is 0 Å². The molecule has 80 valence electrons. The number of hydrogen-bond donors (Lipinski definition) is 1. The summed E-state index contributed by atoms with van der Waals surface area (Å²) in [6.45, 7) is 1.99. The van der Waals surface area contributed by atoms with Gasteiger partial charge in [-0.05, 0) is 24.5 Å². The maximum Gasteiger partial charge on any atom is 0.227 e. The fourth-order valence-electron chi connectivity index (χ4n) is 1.89. The molecule has 2 nitrogen and oxygen atoms in total. The molecule has 1 N–H and O–H groups in total. The third-order valence-electron chi connectivity index (χ3n) is 2.77. The number of fused-ring (bicyclic) bond motifs is 1. The molecule has 0 radical (unpaired) electrons. The number of carbonyl (C=O) groups is 1. The van der Waals surface area contributed by atoms with E-state index in [1.165, 1.54) is 5.56 Å². The molecule has 3 heteroatoms. The molecule has 2 rings (SSSR count). The predicted molar refractivity (Wildman–Crippen MR) is 70.4 cm³/mol. The fourth-order valence-corrected chi connectivity index (χ4v) is 3.13. The highest BCUT2D eigenvalue weighted by molar-refractivity contribution is 14.1. The van der Waals surface area contributed by atoms with Crippen LogP contribution in [0.1, 0.15) is 18.9 Å². The van der Waals surface area contributed by atoms with Crippen LogP contribution in [0.15, 0.2) is 24.3 Å². The number of anilines is 1. The van der Waals surface area contributed by atoms with Crippen molar-refractivity contribution >= 4 is 34.2 Å². The third-order valence-corrected chi connectivity index (χ3v) is 3.72. The van der Waals surface area contributed by atoms with Crippen LogP contribution in [0.4, 0.5) is 5.69 Å². The molecule has 1 aromatic carbocycles. The van der Waals surface area contributed by atoms with Gasteiger partial charge in [-0.25, -0.2) is 0 Å². The molecule has 15 heavy (non-hydrogen) atoms. The van der Waals surface area contributed by atoms with Crippen LogP contribution in [0.5, 0.6) is 0 Å². The first-order chi connectivity index (χ1) is 7.16. The quantitative estimate of drug-likeness (QED) is 0.579. The molecule has 2 atom stereocenters. The van der Waals surface area contributed by atoms with Crippen LogP contribution in [-0.2, 0) is 11.2 Å². The Morgan fingerprint density at radius 3 is 2.93 bits per heavy atom. The van der Waals surface area contributed by atoms with E-state index in [1.54, 1.807) is 0 Å². The largest absolute Gasteiger partial charge is 0.326 e. The molecular formula is C12H14INO. The predicted octanol–water partition coefficient (Wildman–Crippen LogP) is 3.01. The number of carbonyl (C=O) groups excluding carboxylic acids is 1. The molecule has 1 aromatic rings. The maximum absolute atomic E-state index is 11.8. The van der Waals surface area contributed by atoms with E-state index in [4.69, 9.17) is 0 Å². The SMILES string of the molecule is CC1CC(I)Cc2ccccc2NC1=O. The van der Waals surface area contributed by atoms with Crippen LogP contribution in [0, 0.1) is 5.92 Å². The number of alkyl halides is 1. The van der Waals surface area contributed by atoms with Gasteiger partial charge in [0.25, 0.3) is 0 Å². The lowest BCUT2D eigenvalue weighted by atomic mass is 9.96. The molecule has 0 saturated carbocycles. The molecule has 1 aliphatic rings. The summed E-state index contributed by atoms with van der Waals surface area (Å²) in [7, 11) is 0. The van der Waals surface area contributed by atoms with Crippen molar-refractivity contribution in [3.05, 3.63) is 29.8 Å². The Balaban J connectivity index is 2.34. The first kappa shape index (κ1) is 10.9. The molecular weight excluding hydrogens is 301 g/mol. The number of amides is 1. The van der Waals surface area contributed by atoms with Crippen LogP contribution in [0.25, 0.3) is 0 Å². The Morgan fingerprint density at radius 1 is 1.40 bits per heavy atom. The van der Waals surface area contributed by atoms with Gasteiger partial charge in [0.1, 0.15) is 0 Å². The molecule has 0 fully saturated rings. The van der Waals surface area contributed by atoms with E-state index < -0.39 is 0 Å². The van der Waals surface area contributed by atoms with Crippen LogP contribution in [-0.4, -0.2) is 9.83 Å². The van der Waals surface area contributed by atoms with Crippen molar-refractivity contribution < 1.29 is 4.79 Å². The topological polar surface area (TPSA) is 29.1 Å². The van der Waals surface area contributed by atoms with Crippen molar-refractivity contribution in [3.63, 3.8) is 0 Å². The highest BCUT2D eigenvalue weighted by atomic mass is 127. The summed E-state index contributed by atoms with van der Waals surface area (Å²) in [5.74, 6) is 0.254. The second-order valence-electron chi connectivity index (χ2n) is 4.08. The van der Waals surface area contributed by atoms with Crippen LogP contribution >= 0.6 is 22.6 Å². The van der Waals surface area contributed by atoms with Gasteiger partial charge in [0, 0.05) is 15.5 Å². The Kier molecular flexibility index (Phi) is 3.29. The van der Waals surface area contributed by atoms with Crippen LogP contribution in [0.2, 0.25) is 0 Å². The van der Waals surface area contributed by atoms with Gasteiger partial charge in [-0.3, -0.25) is 4.79 Å². The number of benzene rings is 1. The first-order valence-electron chi connectivity index (χ1n) is 5.19. The van der Waals surface area contributed by atoms with Crippen molar-refractivity contribution in [2.24, 2.45) is 5.92 Å². The summed E-state index contributed by atoms with van der Waals surface area (Å²) in [4.78, 5) is 11.8. The van der Waals surface area contributed by atoms with Gasteiger partial charge in [0.05, 0.1) is 0 Å². The third kappa shape index (κ3) is 2.51. The van der Waals surface area contributed by atoms with Gasteiger partial charge in [-0.2, -0.15) is 0 Å². The molecule has 0 aliphatic carbocycles. The highest BCUT2D eigenvalue weighted by Gasteiger charge is 2.22. The van der Waals surface area contributed by atoms with Gasteiger partial charge >= 0.3 is 0 Å². The Morgan fingerprint density at radius 2 is 2.13 bits per heavy atom. The molecule has 1 amide bonds. The number of rotatable bonds is 0. The second-order valence-corrected chi connectivity index (χ2v) is 5.85. The van der Waals surface area contributed by atoms with Crippen molar-refractivity contribution in [2.75, 3.05) is 5.32 Å². The zero-order valence-corrected chi connectivity index (χ0v) is 10.8. The average Bonchev–Trinajstić information content (AvgIpc) is 2.19. The number of para-hydroxylation sites is 1.